The molecule has 0 unspecified atom stereocenters. The molecule has 3 nitrogen and oxygen atoms in total. The van der Waals surface area contributed by atoms with E-state index >= 15 is 0 Å². The molecule has 5 rings (SSSR count). The maximum atomic E-state index is 10.1. The average Bonchev–Trinajstić information content (AvgIpc) is 3.21. The van der Waals surface area contributed by atoms with Crippen LogP contribution in [0, 0.1) is 0 Å². The third-order valence-electron chi connectivity index (χ3n) is 5.16. The number of phenols is 1. The lowest BCUT2D eigenvalue weighted by Crippen LogP contribution is -2.00. The van der Waals surface area contributed by atoms with Gasteiger partial charge in [0.1, 0.15) is 11.6 Å². The van der Waals surface area contributed by atoms with Crippen molar-refractivity contribution in [3.8, 4) is 45.3 Å². The molecule has 0 radical (unpaired) electrons. The summed E-state index contributed by atoms with van der Waals surface area (Å²) in [7, 11) is 0. The summed E-state index contributed by atoms with van der Waals surface area (Å²) in [6.45, 7) is 0. The van der Waals surface area contributed by atoms with Crippen LogP contribution < -0.4 is 0 Å². The van der Waals surface area contributed by atoms with Gasteiger partial charge in [0.15, 0.2) is 0 Å². The lowest BCUT2D eigenvalue weighted by molar-refractivity contribution is 0.475. The Labute approximate surface area is 185 Å². The summed E-state index contributed by atoms with van der Waals surface area (Å²) in [5.74, 6) is 0.946. The second-order valence-electron chi connectivity index (χ2n) is 7.23. The molecule has 0 aliphatic heterocycles. The van der Waals surface area contributed by atoms with E-state index in [1.807, 2.05) is 72.8 Å². The van der Waals surface area contributed by atoms with Gasteiger partial charge in [-0.05, 0) is 36.4 Å². The molecule has 0 fully saturated rings. The molecule has 150 valence electrons. The lowest BCUT2D eigenvalue weighted by Gasteiger charge is -2.14. The van der Waals surface area contributed by atoms with Gasteiger partial charge in [-0.25, -0.2) is 4.98 Å². The number of halogens is 1. The molecule has 0 bridgehead atoms. The largest absolute Gasteiger partial charge is 0.508 e. The van der Waals surface area contributed by atoms with Gasteiger partial charge in [0.05, 0.1) is 11.4 Å². The van der Waals surface area contributed by atoms with Gasteiger partial charge in [0.25, 0.3) is 0 Å². The fourth-order valence-electron chi connectivity index (χ4n) is 3.76. The first-order valence-electron chi connectivity index (χ1n) is 9.99. The molecule has 0 spiro atoms. The van der Waals surface area contributed by atoms with Crippen molar-refractivity contribution in [2.75, 3.05) is 0 Å². The maximum Gasteiger partial charge on any atom is 0.145 e. The lowest BCUT2D eigenvalue weighted by atomic mass is 10.0. The minimum absolute atomic E-state index is 0.200. The molecule has 1 N–H and O–H groups in total. The van der Waals surface area contributed by atoms with Gasteiger partial charge in [-0.2, -0.15) is 0 Å². The number of imidazole rings is 1. The number of rotatable bonds is 4. The molecule has 4 heteroatoms. The van der Waals surface area contributed by atoms with Crippen LogP contribution in [0.5, 0.6) is 5.75 Å². The molecule has 4 aromatic carbocycles. The first-order chi connectivity index (χ1) is 15.2. The van der Waals surface area contributed by atoms with Gasteiger partial charge >= 0.3 is 0 Å². The standard InChI is InChI=1S/C27H19ClN2O/c28-22-14-16-23(17-15-22)30-26(20-10-5-2-6-11-20)25(19-8-3-1-4-9-19)29-27(30)21-12-7-13-24(31)18-21/h1-18,31H. The maximum absolute atomic E-state index is 10.1. The van der Waals surface area contributed by atoms with Gasteiger partial charge in [0, 0.05) is 27.4 Å². The number of aromatic hydroxyl groups is 1. The van der Waals surface area contributed by atoms with E-state index < -0.39 is 0 Å². The van der Waals surface area contributed by atoms with Crippen molar-refractivity contribution in [2.24, 2.45) is 0 Å². The van der Waals surface area contributed by atoms with Crippen LogP contribution in [0.25, 0.3) is 39.6 Å². The summed E-state index contributed by atoms with van der Waals surface area (Å²) in [4.78, 5) is 5.09. The third-order valence-corrected chi connectivity index (χ3v) is 5.41. The van der Waals surface area contributed by atoms with E-state index in [0.717, 1.165) is 39.6 Å². The molecule has 0 aliphatic carbocycles. The molecule has 5 aromatic rings. The Kier molecular flexibility index (Phi) is 5.03. The summed E-state index contributed by atoms with van der Waals surface area (Å²) in [5.41, 5.74) is 5.70. The second-order valence-corrected chi connectivity index (χ2v) is 7.66. The van der Waals surface area contributed by atoms with E-state index in [9.17, 15) is 5.11 Å². The minimum atomic E-state index is 0.200. The highest BCUT2D eigenvalue weighted by Crippen LogP contribution is 2.39. The molecular weight excluding hydrogens is 404 g/mol. The number of phenolic OH excluding ortho intramolecular Hbond substituents is 1. The SMILES string of the molecule is Oc1cccc(-c2nc(-c3ccccc3)c(-c3ccccc3)n2-c2ccc(Cl)cc2)c1. The summed E-state index contributed by atoms with van der Waals surface area (Å²) >= 11 is 6.18. The van der Waals surface area contributed by atoms with Crippen molar-refractivity contribution in [3.05, 3.63) is 114 Å². The quantitative estimate of drug-likeness (QED) is 0.331. The highest BCUT2D eigenvalue weighted by atomic mass is 35.5. The Balaban J connectivity index is 1.89. The number of aromatic nitrogens is 2. The predicted octanol–water partition coefficient (Wildman–Crippen LogP) is 7.23. The number of hydrogen-bond donors (Lipinski definition) is 1. The van der Waals surface area contributed by atoms with Crippen LogP contribution in [0.3, 0.4) is 0 Å². The molecule has 1 aromatic heterocycles. The van der Waals surface area contributed by atoms with Crippen LogP contribution in [0.2, 0.25) is 5.02 Å². The van der Waals surface area contributed by atoms with E-state index in [4.69, 9.17) is 16.6 Å². The zero-order valence-corrected chi connectivity index (χ0v) is 17.4. The topological polar surface area (TPSA) is 38.1 Å². The zero-order valence-electron chi connectivity index (χ0n) is 16.6. The molecule has 0 saturated carbocycles. The Morgan fingerprint density at radius 3 is 1.90 bits per heavy atom. The normalized spacial score (nSPS) is 10.9. The molecular formula is C27H19ClN2O. The Morgan fingerprint density at radius 2 is 1.26 bits per heavy atom. The Bertz CT molecular complexity index is 1330. The van der Waals surface area contributed by atoms with Crippen LogP contribution in [0.1, 0.15) is 0 Å². The van der Waals surface area contributed by atoms with Crippen LogP contribution in [-0.4, -0.2) is 14.7 Å². The molecule has 0 amide bonds. The summed E-state index contributed by atoms with van der Waals surface area (Å²) in [6, 6.07) is 35.3. The van der Waals surface area contributed by atoms with Crippen molar-refractivity contribution in [2.45, 2.75) is 0 Å². The highest BCUT2D eigenvalue weighted by Gasteiger charge is 2.22. The van der Waals surface area contributed by atoms with Gasteiger partial charge < -0.3 is 5.11 Å². The number of hydrogen-bond acceptors (Lipinski definition) is 2. The summed E-state index contributed by atoms with van der Waals surface area (Å²) in [5, 5.41) is 10.8. The predicted molar refractivity (Wildman–Crippen MR) is 127 cm³/mol. The molecule has 0 saturated heterocycles. The van der Waals surface area contributed by atoms with Crippen molar-refractivity contribution in [3.63, 3.8) is 0 Å². The van der Waals surface area contributed by atoms with E-state index in [-0.39, 0.29) is 5.75 Å². The van der Waals surface area contributed by atoms with Crippen LogP contribution in [-0.2, 0) is 0 Å². The van der Waals surface area contributed by atoms with E-state index in [2.05, 4.69) is 28.8 Å². The first-order valence-corrected chi connectivity index (χ1v) is 10.4. The fourth-order valence-corrected chi connectivity index (χ4v) is 3.89. The highest BCUT2D eigenvalue weighted by molar-refractivity contribution is 6.30. The van der Waals surface area contributed by atoms with Crippen molar-refractivity contribution < 1.29 is 5.11 Å². The monoisotopic (exact) mass is 422 g/mol. The second kappa shape index (κ2) is 8.13. The molecule has 0 aliphatic rings. The Hall–Kier alpha value is -3.82. The van der Waals surface area contributed by atoms with Crippen LogP contribution in [0.4, 0.5) is 0 Å². The average molecular weight is 423 g/mol. The fraction of sp³-hybridized carbons (Fsp3) is 0. The summed E-state index contributed by atoms with van der Waals surface area (Å²) < 4.78 is 2.13. The van der Waals surface area contributed by atoms with E-state index in [0.29, 0.717) is 5.02 Å². The smallest absolute Gasteiger partial charge is 0.145 e. The third kappa shape index (κ3) is 3.72. The molecule has 1 heterocycles. The number of benzene rings is 4. The van der Waals surface area contributed by atoms with Crippen molar-refractivity contribution >= 4 is 11.6 Å². The van der Waals surface area contributed by atoms with Crippen molar-refractivity contribution in [1.29, 1.82) is 0 Å². The van der Waals surface area contributed by atoms with Gasteiger partial charge in [0.2, 0.25) is 0 Å². The zero-order chi connectivity index (χ0) is 21.2. The van der Waals surface area contributed by atoms with Crippen LogP contribution in [0.15, 0.2) is 109 Å². The molecule has 0 atom stereocenters. The van der Waals surface area contributed by atoms with Gasteiger partial charge in [-0.3, -0.25) is 4.57 Å². The minimum Gasteiger partial charge on any atom is -0.508 e. The number of nitrogens with zero attached hydrogens (tertiary/aromatic N) is 2. The van der Waals surface area contributed by atoms with Crippen LogP contribution >= 0.6 is 11.6 Å². The summed E-state index contributed by atoms with van der Waals surface area (Å²) in [6.07, 6.45) is 0. The Morgan fingerprint density at radius 1 is 0.645 bits per heavy atom. The van der Waals surface area contributed by atoms with E-state index in [1.54, 1.807) is 12.1 Å². The van der Waals surface area contributed by atoms with E-state index in [1.165, 1.54) is 0 Å². The van der Waals surface area contributed by atoms with Crippen molar-refractivity contribution in [1.82, 2.24) is 9.55 Å². The molecule has 31 heavy (non-hydrogen) atoms. The van der Waals surface area contributed by atoms with Gasteiger partial charge in [-0.1, -0.05) is 84.4 Å². The first kappa shape index (κ1) is 19.2. The van der Waals surface area contributed by atoms with Gasteiger partial charge in [-0.15, -0.1) is 0 Å².